The second-order valence-corrected chi connectivity index (χ2v) is 6.68. The molecule has 134 valence electrons. The predicted molar refractivity (Wildman–Crippen MR) is 98.9 cm³/mol. The Morgan fingerprint density at radius 3 is 2.58 bits per heavy atom. The van der Waals surface area contributed by atoms with E-state index in [0.717, 1.165) is 44.8 Å². The second-order valence-electron chi connectivity index (χ2n) is 6.68. The zero-order chi connectivity index (χ0) is 17.5. The van der Waals surface area contributed by atoms with E-state index in [1.807, 2.05) is 12.1 Å². The first-order chi connectivity index (χ1) is 11.5. The topological polar surface area (TPSA) is 56.9 Å². The first-order valence-corrected chi connectivity index (χ1v) is 8.79. The normalized spacial score (nSPS) is 16.7. The average Bonchev–Trinajstić information content (AvgIpc) is 2.58. The second kappa shape index (κ2) is 8.87. The molecule has 2 rings (SSSR count). The lowest BCUT2D eigenvalue weighted by Gasteiger charge is -2.35. The molecule has 1 aliphatic rings. The molecule has 0 bridgehead atoms. The molecule has 0 unspecified atom stereocenters. The van der Waals surface area contributed by atoms with Crippen molar-refractivity contribution in [3.63, 3.8) is 0 Å². The molecule has 0 aromatic heterocycles. The van der Waals surface area contributed by atoms with Gasteiger partial charge in [0.25, 0.3) is 0 Å². The number of benzene rings is 1. The van der Waals surface area contributed by atoms with E-state index in [0.29, 0.717) is 24.1 Å². The molecule has 24 heavy (non-hydrogen) atoms. The van der Waals surface area contributed by atoms with Crippen molar-refractivity contribution in [3.8, 4) is 0 Å². The van der Waals surface area contributed by atoms with Gasteiger partial charge in [0.1, 0.15) is 5.82 Å². The third-order valence-electron chi connectivity index (χ3n) is 4.30. The van der Waals surface area contributed by atoms with Crippen LogP contribution in [-0.4, -0.2) is 50.1 Å². The maximum atomic E-state index is 14.4. The van der Waals surface area contributed by atoms with Crippen LogP contribution in [0.5, 0.6) is 0 Å². The monoisotopic (exact) mass is 335 g/mol. The number of aliphatic imine (C=N–C) groups is 1. The van der Waals surface area contributed by atoms with Crippen molar-refractivity contribution in [2.45, 2.75) is 27.3 Å². The first-order valence-electron chi connectivity index (χ1n) is 8.79. The Labute approximate surface area is 144 Å². The van der Waals surface area contributed by atoms with Crippen LogP contribution < -0.4 is 16.0 Å². The molecule has 0 amide bonds. The molecule has 3 N–H and O–H groups in total. The number of rotatable bonds is 6. The highest BCUT2D eigenvalue weighted by molar-refractivity contribution is 5.77. The molecular formula is C18H30FN5. The fourth-order valence-electron chi connectivity index (χ4n) is 2.75. The molecule has 1 aliphatic heterocycles. The molecule has 0 saturated carbocycles. The zero-order valence-corrected chi connectivity index (χ0v) is 15.1. The van der Waals surface area contributed by atoms with E-state index in [2.05, 4.69) is 40.9 Å². The summed E-state index contributed by atoms with van der Waals surface area (Å²) in [6.45, 7) is 12.3. The Kier molecular flexibility index (Phi) is 6.85. The molecule has 0 atom stereocenters. The van der Waals surface area contributed by atoms with Crippen LogP contribution in [0.3, 0.4) is 0 Å². The summed E-state index contributed by atoms with van der Waals surface area (Å²) in [6, 6.07) is 5.37. The van der Waals surface area contributed by atoms with Crippen LogP contribution in [0.25, 0.3) is 0 Å². The summed E-state index contributed by atoms with van der Waals surface area (Å²) in [6.07, 6.45) is 0. The number of hydrogen-bond donors (Lipinski definition) is 2. The molecule has 6 heteroatoms. The standard InChI is InChI=1S/C18H30FN5/c1-4-23-7-9-24(10-8-23)17-6-5-15(11-16(17)19)13-22-18(20)21-12-14(2)3/h5-6,11,14H,4,7-10,12-13H2,1-3H3,(H3,20,21,22). The van der Waals surface area contributed by atoms with E-state index in [4.69, 9.17) is 5.73 Å². The molecule has 1 aromatic carbocycles. The van der Waals surface area contributed by atoms with Crippen LogP contribution in [0.2, 0.25) is 0 Å². The van der Waals surface area contributed by atoms with Gasteiger partial charge in [-0.25, -0.2) is 9.38 Å². The Balaban J connectivity index is 1.93. The molecular weight excluding hydrogens is 305 g/mol. The van der Waals surface area contributed by atoms with Crippen molar-refractivity contribution in [1.29, 1.82) is 0 Å². The number of nitrogens with one attached hydrogen (secondary N) is 1. The van der Waals surface area contributed by atoms with Gasteiger partial charge in [-0.1, -0.05) is 26.8 Å². The number of nitrogens with two attached hydrogens (primary N) is 1. The summed E-state index contributed by atoms with van der Waals surface area (Å²) in [5.41, 5.74) is 7.33. The summed E-state index contributed by atoms with van der Waals surface area (Å²) >= 11 is 0. The Bertz CT molecular complexity index is 550. The van der Waals surface area contributed by atoms with Gasteiger partial charge in [-0.05, 0) is 30.2 Å². The van der Waals surface area contributed by atoms with Crippen molar-refractivity contribution in [3.05, 3.63) is 29.6 Å². The zero-order valence-electron chi connectivity index (χ0n) is 15.1. The molecule has 5 nitrogen and oxygen atoms in total. The van der Waals surface area contributed by atoms with Crippen LogP contribution in [0.4, 0.5) is 10.1 Å². The first kappa shape index (κ1) is 18.5. The quantitative estimate of drug-likeness (QED) is 0.617. The van der Waals surface area contributed by atoms with Crippen LogP contribution >= 0.6 is 0 Å². The van der Waals surface area contributed by atoms with Crippen molar-refractivity contribution in [2.24, 2.45) is 16.6 Å². The van der Waals surface area contributed by atoms with Gasteiger partial charge >= 0.3 is 0 Å². The summed E-state index contributed by atoms with van der Waals surface area (Å²) in [7, 11) is 0. The summed E-state index contributed by atoms with van der Waals surface area (Å²) < 4.78 is 14.4. The van der Waals surface area contributed by atoms with Crippen LogP contribution in [-0.2, 0) is 6.54 Å². The maximum absolute atomic E-state index is 14.4. The predicted octanol–water partition coefficient (Wildman–Crippen LogP) is 2.03. The molecule has 0 spiro atoms. The molecule has 0 radical (unpaired) electrons. The van der Waals surface area contributed by atoms with Gasteiger partial charge in [0.05, 0.1) is 12.2 Å². The van der Waals surface area contributed by atoms with Crippen molar-refractivity contribution in [2.75, 3.05) is 44.2 Å². The van der Waals surface area contributed by atoms with Gasteiger partial charge in [-0.15, -0.1) is 0 Å². The Hall–Kier alpha value is -1.82. The molecule has 1 heterocycles. The highest BCUT2D eigenvalue weighted by atomic mass is 19.1. The smallest absolute Gasteiger partial charge is 0.188 e. The van der Waals surface area contributed by atoms with Crippen molar-refractivity contribution in [1.82, 2.24) is 10.2 Å². The summed E-state index contributed by atoms with van der Waals surface area (Å²) in [4.78, 5) is 8.76. The van der Waals surface area contributed by atoms with E-state index in [9.17, 15) is 4.39 Å². The lowest BCUT2D eigenvalue weighted by molar-refractivity contribution is 0.270. The number of piperazine rings is 1. The highest BCUT2D eigenvalue weighted by Gasteiger charge is 2.18. The SMILES string of the molecule is CCN1CCN(c2ccc(CN=C(N)NCC(C)C)cc2F)CC1. The van der Waals surface area contributed by atoms with Gasteiger partial charge in [0, 0.05) is 32.7 Å². The Morgan fingerprint density at radius 1 is 1.29 bits per heavy atom. The number of halogens is 1. The van der Waals surface area contributed by atoms with Gasteiger partial charge in [-0.3, -0.25) is 0 Å². The van der Waals surface area contributed by atoms with Crippen LogP contribution in [0.15, 0.2) is 23.2 Å². The number of hydrogen-bond acceptors (Lipinski definition) is 3. The Morgan fingerprint density at radius 2 is 2.00 bits per heavy atom. The molecule has 1 fully saturated rings. The van der Waals surface area contributed by atoms with E-state index >= 15 is 0 Å². The third kappa shape index (κ3) is 5.37. The lowest BCUT2D eigenvalue weighted by atomic mass is 10.1. The lowest BCUT2D eigenvalue weighted by Crippen LogP contribution is -2.46. The number of nitrogens with zero attached hydrogens (tertiary/aromatic N) is 3. The molecule has 1 saturated heterocycles. The van der Waals surface area contributed by atoms with Gasteiger partial charge in [-0.2, -0.15) is 0 Å². The third-order valence-corrected chi connectivity index (χ3v) is 4.30. The fourth-order valence-corrected chi connectivity index (χ4v) is 2.75. The largest absolute Gasteiger partial charge is 0.370 e. The number of anilines is 1. The van der Waals surface area contributed by atoms with Gasteiger partial charge in [0.15, 0.2) is 5.96 Å². The number of guanidine groups is 1. The van der Waals surface area contributed by atoms with Crippen LogP contribution in [0.1, 0.15) is 26.3 Å². The van der Waals surface area contributed by atoms with Crippen molar-refractivity contribution >= 4 is 11.6 Å². The van der Waals surface area contributed by atoms with Gasteiger partial charge in [0.2, 0.25) is 0 Å². The average molecular weight is 335 g/mol. The van der Waals surface area contributed by atoms with Gasteiger partial charge < -0.3 is 20.9 Å². The van der Waals surface area contributed by atoms with E-state index in [1.165, 1.54) is 0 Å². The van der Waals surface area contributed by atoms with E-state index < -0.39 is 0 Å². The fraction of sp³-hybridized carbons (Fsp3) is 0.611. The minimum atomic E-state index is -0.179. The van der Waals surface area contributed by atoms with Crippen molar-refractivity contribution < 1.29 is 4.39 Å². The molecule has 1 aromatic rings. The minimum Gasteiger partial charge on any atom is -0.370 e. The highest BCUT2D eigenvalue weighted by Crippen LogP contribution is 2.22. The van der Waals surface area contributed by atoms with Crippen LogP contribution in [0, 0.1) is 11.7 Å². The maximum Gasteiger partial charge on any atom is 0.188 e. The van der Waals surface area contributed by atoms with E-state index in [1.54, 1.807) is 6.07 Å². The summed E-state index contributed by atoms with van der Waals surface area (Å²) in [5, 5.41) is 3.06. The molecule has 0 aliphatic carbocycles. The number of likely N-dealkylation sites (N-methyl/N-ethyl adjacent to an activating group) is 1. The summed E-state index contributed by atoms with van der Waals surface area (Å²) in [5.74, 6) is 0.730. The minimum absolute atomic E-state index is 0.179. The van der Waals surface area contributed by atoms with E-state index in [-0.39, 0.29) is 5.82 Å².